The number of benzene rings is 1. The molecule has 18 heavy (non-hydrogen) atoms. The zero-order valence-electron chi connectivity index (χ0n) is 10.2. The number of nitrogens with zero attached hydrogens (tertiary/aromatic N) is 1. The summed E-state index contributed by atoms with van der Waals surface area (Å²) in [6, 6.07) is 2.78. The molecule has 0 unspecified atom stereocenters. The quantitative estimate of drug-likeness (QED) is 0.880. The van der Waals surface area contributed by atoms with Crippen molar-refractivity contribution in [2.75, 3.05) is 11.9 Å². The minimum absolute atomic E-state index is 0.145. The molecule has 0 bridgehead atoms. The molecule has 2 aromatic rings. The molecule has 0 saturated heterocycles. The summed E-state index contributed by atoms with van der Waals surface area (Å²) in [6.07, 6.45) is 2.83. The molecule has 2 nitrogen and oxygen atoms in total. The van der Waals surface area contributed by atoms with Crippen molar-refractivity contribution in [3.63, 3.8) is 0 Å². The van der Waals surface area contributed by atoms with Gasteiger partial charge in [-0.3, -0.25) is 0 Å². The first-order chi connectivity index (χ1) is 8.72. The minimum Gasteiger partial charge on any atom is -0.384 e. The molecule has 0 atom stereocenters. The number of aromatic nitrogens is 1. The van der Waals surface area contributed by atoms with Crippen molar-refractivity contribution in [3.05, 3.63) is 35.0 Å². The highest BCUT2D eigenvalue weighted by atomic mass is 19.2. The Kier molecular flexibility index (Phi) is 2.65. The van der Waals surface area contributed by atoms with E-state index in [0.717, 1.165) is 42.8 Å². The predicted octanol–water partition coefficient (Wildman–Crippen LogP) is 3.43. The molecule has 0 radical (unpaired) electrons. The molecule has 1 aliphatic carbocycles. The molecule has 0 saturated carbocycles. The fourth-order valence-corrected chi connectivity index (χ4v) is 2.65. The summed E-state index contributed by atoms with van der Waals surface area (Å²) in [4.78, 5) is 4.30. The highest BCUT2D eigenvalue weighted by Crippen LogP contribution is 2.35. The van der Waals surface area contributed by atoms with E-state index in [9.17, 15) is 8.78 Å². The molecule has 94 valence electrons. The van der Waals surface area contributed by atoms with Gasteiger partial charge in [-0.2, -0.15) is 0 Å². The second-order valence-corrected chi connectivity index (χ2v) is 4.55. The monoisotopic (exact) mass is 248 g/mol. The van der Waals surface area contributed by atoms with Gasteiger partial charge in [0.1, 0.15) is 5.52 Å². The zero-order valence-corrected chi connectivity index (χ0v) is 10.2. The third kappa shape index (κ3) is 1.55. The summed E-state index contributed by atoms with van der Waals surface area (Å²) >= 11 is 0. The number of hydrogen-bond acceptors (Lipinski definition) is 2. The van der Waals surface area contributed by atoms with E-state index in [1.807, 2.05) is 6.92 Å². The molecule has 1 N–H and O–H groups in total. The largest absolute Gasteiger partial charge is 0.384 e. The van der Waals surface area contributed by atoms with Crippen LogP contribution in [-0.2, 0) is 12.8 Å². The lowest BCUT2D eigenvalue weighted by Gasteiger charge is -2.13. The summed E-state index contributed by atoms with van der Waals surface area (Å²) in [5, 5.41) is 3.95. The van der Waals surface area contributed by atoms with Crippen LogP contribution in [0.2, 0.25) is 0 Å². The van der Waals surface area contributed by atoms with Crippen molar-refractivity contribution >= 4 is 16.6 Å². The summed E-state index contributed by atoms with van der Waals surface area (Å²) in [7, 11) is 0. The zero-order chi connectivity index (χ0) is 12.7. The first-order valence-electron chi connectivity index (χ1n) is 6.25. The SMILES string of the molecule is CCNc1c2c(nc3c(F)c(F)ccc13)CCC2. The van der Waals surface area contributed by atoms with Gasteiger partial charge >= 0.3 is 0 Å². The maximum atomic E-state index is 13.8. The number of aryl methyl sites for hydroxylation is 1. The Hall–Kier alpha value is -1.71. The Morgan fingerprint density at radius 1 is 1.28 bits per heavy atom. The van der Waals surface area contributed by atoms with Crippen LogP contribution in [0.4, 0.5) is 14.5 Å². The van der Waals surface area contributed by atoms with Crippen molar-refractivity contribution in [2.45, 2.75) is 26.2 Å². The number of hydrogen-bond donors (Lipinski definition) is 1. The lowest BCUT2D eigenvalue weighted by molar-refractivity contribution is 0.515. The van der Waals surface area contributed by atoms with Crippen molar-refractivity contribution in [1.82, 2.24) is 4.98 Å². The maximum Gasteiger partial charge on any atom is 0.185 e. The normalized spacial score (nSPS) is 13.9. The molecule has 1 aliphatic rings. The van der Waals surface area contributed by atoms with Gasteiger partial charge in [-0.05, 0) is 43.9 Å². The third-order valence-electron chi connectivity index (χ3n) is 3.43. The van der Waals surface area contributed by atoms with Crippen LogP contribution in [0.5, 0.6) is 0 Å². The van der Waals surface area contributed by atoms with Crippen LogP contribution < -0.4 is 5.32 Å². The lowest BCUT2D eigenvalue weighted by Crippen LogP contribution is -2.04. The van der Waals surface area contributed by atoms with Crippen LogP contribution in [0.15, 0.2) is 12.1 Å². The van der Waals surface area contributed by atoms with Gasteiger partial charge in [0.05, 0.1) is 0 Å². The summed E-state index contributed by atoms with van der Waals surface area (Å²) < 4.78 is 27.1. The van der Waals surface area contributed by atoms with E-state index < -0.39 is 11.6 Å². The number of anilines is 1. The van der Waals surface area contributed by atoms with E-state index in [1.165, 1.54) is 6.07 Å². The number of nitrogens with one attached hydrogen (secondary N) is 1. The van der Waals surface area contributed by atoms with Crippen LogP contribution in [0.25, 0.3) is 10.9 Å². The predicted molar refractivity (Wildman–Crippen MR) is 67.8 cm³/mol. The maximum absolute atomic E-state index is 13.8. The van der Waals surface area contributed by atoms with Gasteiger partial charge in [0, 0.05) is 23.3 Å². The van der Waals surface area contributed by atoms with Crippen molar-refractivity contribution in [1.29, 1.82) is 0 Å². The molecule has 1 aromatic heterocycles. The van der Waals surface area contributed by atoms with Crippen LogP contribution in [0.1, 0.15) is 24.6 Å². The van der Waals surface area contributed by atoms with Crippen LogP contribution in [-0.4, -0.2) is 11.5 Å². The number of fused-ring (bicyclic) bond motifs is 2. The van der Waals surface area contributed by atoms with Gasteiger partial charge in [-0.15, -0.1) is 0 Å². The van der Waals surface area contributed by atoms with Crippen LogP contribution >= 0.6 is 0 Å². The summed E-state index contributed by atoms with van der Waals surface area (Å²) in [5.41, 5.74) is 3.14. The lowest BCUT2D eigenvalue weighted by atomic mass is 10.1. The van der Waals surface area contributed by atoms with Crippen LogP contribution in [0.3, 0.4) is 0 Å². The van der Waals surface area contributed by atoms with Gasteiger partial charge in [-0.25, -0.2) is 13.8 Å². The molecular weight excluding hydrogens is 234 g/mol. The molecule has 0 aliphatic heterocycles. The second kappa shape index (κ2) is 4.19. The van der Waals surface area contributed by atoms with Gasteiger partial charge in [-0.1, -0.05) is 0 Å². The average Bonchev–Trinajstić information content (AvgIpc) is 2.82. The van der Waals surface area contributed by atoms with Crippen molar-refractivity contribution in [2.24, 2.45) is 0 Å². The molecule has 4 heteroatoms. The Morgan fingerprint density at radius 2 is 2.11 bits per heavy atom. The van der Waals surface area contributed by atoms with E-state index >= 15 is 0 Å². The smallest absolute Gasteiger partial charge is 0.185 e. The summed E-state index contributed by atoms with van der Waals surface area (Å²) in [6.45, 7) is 2.75. The fourth-order valence-electron chi connectivity index (χ4n) is 2.65. The minimum atomic E-state index is -0.846. The third-order valence-corrected chi connectivity index (χ3v) is 3.43. The van der Waals surface area contributed by atoms with Crippen LogP contribution in [0, 0.1) is 11.6 Å². The number of halogens is 2. The first-order valence-corrected chi connectivity index (χ1v) is 6.25. The Labute approximate surface area is 104 Å². The van der Waals surface area contributed by atoms with E-state index in [4.69, 9.17) is 0 Å². The second-order valence-electron chi connectivity index (χ2n) is 4.55. The molecular formula is C14H14F2N2. The molecule has 0 spiro atoms. The first kappa shape index (κ1) is 11.4. The average molecular weight is 248 g/mol. The molecule has 0 amide bonds. The van der Waals surface area contributed by atoms with Gasteiger partial charge in [0.25, 0.3) is 0 Å². The Bertz CT molecular complexity index is 623. The number of rotatable bonds is 2. The topological polar surface area (TPSA) is 24.9 Å². The van der Waals surface area contributed by atoms with E-state index in [0.29, 0.717) is 5.39 Å². The van der Waals surface area contributed by atoms with Crippen molar-refractivity contribution in [3.8, 4) is 0 Å². The highest BCUT2D eigenvalue weighted by Gasteiger charge is 2.21. The Morgan fingerprint density at radius 3 is 2.89 bits per heavy atom. The molecule has 0 fully saturated rings. The van der Waals surface area contributed by atoms with Gasteiger partial charge in [0.15, 0.2) is 11.6 Å². The molecule has 1 heterocycles. The van der Waals surface area contributed by atoms with E-state index in [1.54, 1.807) is 6.07 Å². The fraction of sp³-hybridized carbons (Fsp3) is 0.357. The van der Waals surface area contributed by atoms with Crippen molar-refractivity contribution < 1.29 is 8.78 Å². The van der Waals surface area contributed by atoms with Gasteiger partial charge < -0.3 is 5.32 Å². The summed E-state index contributed by atoms with van der Waals surface area (Å²) in [5.74, 6) is -1.68. The molecule has 3 rings (SSSR count). The van der Waals surface area contributed by atoms with E-state index in [2.05, 4.69) is 10.3 Å². The molecule has 1 aromatic carbocycles. The van der Waals surface area contributed by atoms with Gasteiger partial charge in [0.2, 0.25) is 0 Å². The number of pyridine rings is 1. The highest BCUT2D eigenvalue weighted by molar-refractivity contribution is 5.94. The Balaban J connectivity index is 2.37. The standard InChI is InChI=1S/C14H14F2N2/c1-2-17-13-8-4-3-5-11(8)18-14-9(13)6-7-10(15)12(14)16/h6-7H,2-5H2,1H3,(H,17,18). The van der Waals surface area contributed by atoms with E-state index in [-0.39, 0.29) is 5.52 Å².